The Hall–Kier alpha value is -2.38. The lowest BCUT2D eigenvalue weighted by atomic mass is 10.0. The average Bonchev–Trinajstić information content (AvgIpc) is 2.62. The first-order valence-electron chi connectivity index (χ1n) is 8.69. The highest BCUT2D eigenvalue weighted by molar-refractivity contribution is 7.89. The van der Waals surface area contributed by atoms with Crippen molar-refractivity contribution in [3.05, 3.63) is 53.1 Å². The number of benzene rings is 2. The monoisotopic (exact) mass is 390 g/mol. The maximum absolute atomic E-state index is 12.6. The highest BCUT2D eigenvalue weighted by atomic mass is 32.2. The summed E-state index contributed by atoms with van der Waals surface area (Å²) in [5.74, 6) is 0.0450. The second-order valence-corrected chi connectivity index (χ2v) is 8.44. The van der Waals surface area contributed by atoms with Gasteiger partial charge in [-0.15, -0.1) is 0 Å². The predicted octanol–water partition coefficient (Wildman–Crippen LogP) is 3.35. The van der Waals surface area contributed by atoms with Gasteiger partial charge in [0.15, 0.2) is 0 Å². The molecular weight excluding hydrogens is 364 g/mol. The molecular formula is C20H26N2O4S. The molecule has 0 saturated heterocycles. The third kappa shape index (κ3) is 5.08. The number of hydrogen-bond acceptors (Lipinski definition) is 4. The zero-order valence-electron chi connectivity index (χ0n) is 16.3. The smallest absolute Gasteiger partial charge is 0.244 e. The summed E-state index contributed by atoms with van der Waals surface area (Å²) in [6.07, 6.45) is 0. The summed E-state index contributed by atoms with van der Waals surface area (Å²) in [6, 6.07) is 10.7. The number of carbonyl (C=O) groups excluding carboxylic acids is 1. The Labute approximate surface area is 161 Å². The van der Waals surface area contributed by atoms with E-state index in [1.807, 2.05) is 45.9 Å². The first-order valence-corrected chi connectivity index (χ1v) is 10.2. The van der Waals surface area contributed by atoms with Gasteiger partial charge in [0.25, 0.3) is 0 Å². The van der Waals surface area contributed by atoms with Gasteiger partial charge in [0.05, 0.1) is 13.7 Å². The average molecular weight is 391 g/mol. The number of anilines is 1. The van der Waals surface area contributed by atoms with Crippen LogP contribution in [0.4, 0.5) is 5.69 Å². The van der Waals surface area contributed by atoms with Gasteiger partial charge in [-0.1, -0.05) is 32.0 Å². The number of sulfonamides is 1. The Morgan fingerprint density at radius 2 is 1.74 bits per heavy atom. The second-order valence-electron chi connectivity index (χ2n) is 6.70. The maximum Gasteiger partial charge on any atom is 0.244 e. The highest BCUT2D eigenvalue weighted by Crippen LogP contribution is 2.27. The Bertz CT molecular complexity index is 937. The van der Waals surface area contributed by atoms with Gasteiger partial charge in [-0.3, -0.25) is 4.79 Å². The lowest BCUT2D eigenvalue weighted by molar-refractivity contribution is -0.115. The van der Waals surface area contributed by atoms with Crippen LogP contribution >= 0.6 is 0 Å². The molecule has 2 rings (SSSR count). The van der Waals surface area contributed by atoms with Crippen LogP contribution in [0.5, 0.6) is 5.75 Å². The molecule has 0 radical (unpaired) electrons. The third-order valence-corrected chi connectivity index (χ3v) is 5.77. The number of carbonyl (C=O) groups is 1. The van der Waals surface area contributed by atoms with E-state index < -0.39 is 15.9 Å². The number of para-hydroxylation sites is 1. The SMILES string of the molecule is COc1cc(C)c(C)cc1S(=O)(=O)NCC(=O)Nc1ccccc1C(C)C. The van der Waals surface area contributed by atoms with E-state index in [9.17, 15) is 13.2 Å². The summed E-state index contributed by atoms with van der Waals surface area (Å²) < 4.78 is 32.8. The van der Waals surface area contributed by atoms with E-state index in [1.165, 1.54) is 7.11 Å². The van der Waals surface area contributed by atoms with Crippen molar-refractivity contribution in [3.63, 3.8) is 0 Å². The van der Waals surface area contributed by atoms with E-state index >= 15 is 0 Å². The van der Waals surface area contributed by atoms with Crippen molar-refractivity contribution in [2.75, 3.05) is 19.0 Å². The lowest BCUT2D eigenvalue weighted by Crippen LogP contribution is -2.33. The van der Waals surface area contributed by atoms with Crippen LogP contribution in [-0.2, 0) is 14.8 Å². The summed E-state index contributed by atoms with van der Waals surface area (Å²) in [6.45, 7) is 7.38. The van der Waals surface area contributed by atoms with Crippen molar-refractivity contribution in [2.24, 2.45) is 0 Å². The summed E-state index contributed by atoms with van der Waals surface area (Å²) in [5, 5.41) is 2.77. The van der Waals surface area contributed by atoms with Gasteiger partial charge in [0, 0.05) is 5.69 Å². The number of rotatable bonds is 7. The molecule has 1 amide bonds. The first-order chi connectivity index (χ1) is 12.7. The van der Waals surface area contributed by atoms with Gasteiger partial charge in [-0.2, -0.15) is 0 Å². The molecule has 0 fully saturated rings. The Morgan fingerprint density at radius 3 is 2.37 bits per heavy atom. The van der Waals surface area contributed by atoms with Crippen LogP contribution < -0.4 is 14.8 Å². The van der Waals surface area contributed by atoms with Crippen LogP contribution in [0.2, 0.25) is 0 Å². The van der Waals surface area contributed by atoms with Crippen LogP contribution in [0.3, 0.4) is 0 Å². The highest BCUT2D eigenvalue weighted by Gasteiger charge is 2.21. The van der Waals surface area contributed by atoms with Crippen molar-refractivity contribution in [2.45, 2.75) is 38.5 Å². The Morgan fingerprint density at radius 1 is 1.11 bits per heavy atom. The zero-order valence-corrected chi connectivity index (χ0v) is 17.1. The minimum atomic E-state index is -3.89. The van der Waals surface area contributed by atoms with Gasteiger partial charge >= 0.3 is 0 Å². The quantitative estimate of drug-likeness (QED) is 0.759. The molecule has 7 heteroatoms. The zero-order chi connectivity index (χ0) is 20.2. The Balaban J connectivity index is 2.14. The van der Waals surface area contributed by atoms with E-state index in [1.54, 1.807) is 18.2 Å². The molecule has 0 unspecified atom stereocenters. The topological polar surface area (TPSA) is 84.5 Å². The second kappa shape index (κ2) is 8.54. The van der Waals surface area contributed by atoms with Crippen molar-refractivity contribution in [1.29, 1.82) is 0 Å². The van der Waals surface area contributed by atoms with E-state index in [2.05, 4.69) is 10.0 Å². The van der Waals surface area contributed by atoms with Crippen LogP contribution in [-0.4, -0.2) is 28.0 Å². The molecule has 27 heavy (non-hydrogen) atoms. The van der Waals surface area contributed by atoms with Crippen LogP contribution in [0.15, 0.2) is 41.3 Å². The van der Waals surface area contributed by atoms with Crippen molar-refractivity contribution < 1.29 is 17.9 Å². The molecule has 6 nitrogen and oxygen atoms in total. The molecule has 2 N–H and O–H groups in total. The van der Waals surface area contributed by atoms with Gasteiger partial charge in [-0.25, -0.2) is 13.1 Å². The van der Waals surface area contributed by atoms with E-state index in [0.29, 0.717) is 5.69 Å². The van der Waals surface area contributed by atoms with Gasteiger partial charge in [-0.05, 0) is 54.7 Å². The van der Waals surface area contributed by atoms with E-state index in [-0.39, 0.29) is 23.1 Å². The van der Waals surface area contributed by atoms with Crippen LogP contribution in [0.1, 0.15) is 36.5 Å². The molecule has 0 atom stereocenters. The van der Waals surface area contributed by atoms with Crippen molar-refractivity contribution in [3.8, 4) is 5.75 Å². The fourth-order valence-corrected chi connectivity index (χ4v) is 3.90. The van der Waals surface area contributed by atoms with Gasteiger partial charge < -0.3 is 10.1 Å². The molecule has 2 aromatic carbocycles. The molecule has 2 aromatic rings. The van der Waals surface area contributed by atoms with Crippen molar-refractivity contribution in [1.82, 2.24) is 4.72 Å². The number of methoxy groups -OCH3 is 1. The molecule has 0 bridgehead atoms. The summed E-state index contributed by atoms with van der Waals surface area (Å²) in [5.41, 5.74) is 3.42. The molecule has 0 heterocycles. The lowest BCUT2D eigenvalue weighted by Gasteiger charge is -2.15. The molecule has 0 aliphatic rings. The normalized spacial score (nSPS) is 11.5. The van der Waals surface area contributed by atoms with E-state index in [0.717, 1.165) is 16.7 Å². The first kappa shape index (κ1) is 20.9. The number of ether oxygens (including phenoxy) is 1. The molecule has 146 valence electrons. The summed E-state index contributed by atoms with van der Waals surface area (Å²) in [7, 11) is -2.48. The number of hydrogen-bond donors (Lipinski definition) is 2. The fourth-order valence-electron chi connectivity index (χ4n) is 2.68. The standard InChI is InChI=1S/C20H26N2O4S/c1-13(2)16-8-6-7-9-17(16)22-20(23)12-21-27(24,25)19-11-15(4)14(3)10-18(19)26-5/h6-11,13,21H,12H2,1-5H3,(H,22,23). The molecule has 0 aliphatic heterocycles. The maximum atomic E-state index is 12.6. The number of aryl methyl sites for hydroxylation is 2. The van der Waals surface area contributed by atoms with Gasteiger partial charge in [0.2, 0.25) is 15.9 Å². The number of amides is 1. The Kier molecular flexibility index (Phi) is 6.62. The van der Waals surface area contributed by atoms with Crippen molar-refractivity contribution >= 4 is 21.6 Å². The minimum absolute atomic E-state index is 0.0171. The molecule has 0 aliphatic carbocycles. The summed E-state index contributed by atoms with van der Waals surface area (Å²) in [4.78, 5) is 12.3. The predicted molar refractivity (Wildman–Crippen MR) is 107 cm³/mol. The van der Waals surface area contributed by atoms with E-state index in [4.69, 9.17) is 4.74 Å². The van der Waals surface area contributed by atoms with Gasteiger partial charge in [0.1, 0.15) is 10.6 Å². The largest absolute Gasteiger partial charge is 0.495 e. The molecule has 0 saturated carbocycles. The van der Waals surface area contributed by atoms with Crippen LogP contribution in [0, 0.1) is 13.8 Å². The number of nitrogens with one attached hydrogen (secondary N) is 2. The fraction of sp³-hybridized carbons (Fsp3) is 0.350. The third-order valence-electron chi connectivity index (χ3n) is 4.35. The molecule has 0 aromatic heterocycles. The van der Waals surface area contributed by atoms with Crippen LogP contribution in [0.25, 0.3) is 0 Å². The summed E-state index contributed by atoms with van der Waals surface area (Å²) >= 11 is 0. The molecule has 0 spiro atoms. The minimum Gasteiger partial charge on any atom is -0.495 e.